The zero-order valence-electron chi connectivity index (χ0n) is 16.3. The molecule has 2 aromatic rings. The van der Waals surface area contributed by atoms with E-state index in [0.717, 1.165) is 49.6 Å². The molecule has 0 saturated carbocycles. The summed E-state index contributed by atoms with van der Waals surface area (Å²) < 4.78 is 44.0. The minimum absolute atomic E-state index is 0.00382. The highest BCUT2D eigenvalue weighted by atomic mass is 19.4. The van der Waals surface area contributed by atoms with Crippen LogP contribution in [0.1, 0.15) is 67.1 Å². The molecule has 3 heterocycles. The number of hydrogen-bond acceptors (Lipinski definition) is 4. The Morgan fingerprint density at radius 3 is 2.48 bits per heavy atom. The van der Waals surface area contributed by atoms with E-state index in [9.17, 15) is 18.3 Å². The van der Waals surface area contributed by atoms with Crippen LogP contribution in [-0.2, 0) is 16.5 Å². The van der Waals surface area contributed by atoms with Gasteiger partial charge >= 0.3 is 6.18 Å². The van der Waals surface area contributed by atoms with Gasteiger partial charge in [-0.25, -0.2) is 0 Å². The third kappa shape index (κ3) is 4.34. The minimum Gasteiger partial charge on any atom is -0.385 e. The summed E-state index contributed by atoms with van der Waals surface area (Å²) in [4.78, 5) is 0. The second kappa shape index (κ2) is 7.74. The van der Waals surface area contributed by atoms with E-state index < -0.39 is 17.3 Å². The van der Waals surface area contributed by atoms with Crippen LogP contribution >= 0.6 is 0 Å². The van der Waals surface area contributed by atoms with Gasteiger partial charge in [0.25, 0.3) is 0 Å². The highest BCUT2D eigenvalue weighted by Gasteiger charge is 2.40. The summed E-state index contributed by atoms with van der Waals surface area (Å²) in [5, 5.41) is 22.4. The third-order valence-corrected chi connectivity index (χ3v) is 6.05. The van der Waals surface area contributed by atoms with Gasteiger partial charge in [-0.05, 0) is 49.9 Å². The minimum atomic E-state index is -4.39. The van der Waals surface area contributed by atoms with Gasteiger partial charge in [-0.1, -0.05) is 12.1 Å². The molecule has 0 spiro atoms. The summed E-state index contributed by atoms with van der Waals surface area (Å²) in [5.41, 5.74) is 0.486. The lowest BCUT2D eigenvalue weighted by molar-refractivity contribution is -0.137. The molecule has 0 radical (unpaired) electrons. The van der Waals surface area contributed by atoms with Crippen molar-refractivity contribution < 1.29 is 23.0 Å². The van der Waals surface area contributed by atoms with Gasteiger partial charge in [-0.15, -0.1) is 0 Å². The highest BCUT2D eigenvalue weighted by molar-refractivity contribution is 5.30. The number of H-pyrrole nitrogens is 1. The fourth-order valence-corrected chi connectivity index (χ4v) is 4.53. The first kappa shape index (κ1) is 20.4. The number of aromatic nitrogens is 2. The van der Waals surface area contributed by atoms with Crippen molar-refractivity contribution in [3.8, 4) is 0 Å². The Kier molecular flexibility index (Phi) is 5.44. The van der Waals surface area contributed by atoms with E-state index >= 15 is 0 Å². The first-order valence-corrected chi connectivity index (χ1v) is 10.0. The molecule has 5 nitrogen and oxygen atoms in total. The highest BCUT2D eigenvalue weighted by Crippen LogP contribution is 2.41. The number of piperidine rings is 1. The molecule has 1 aromatic carbocycles. The molecule has 8 heteroatoms. The van der Waals surface area contributed by atoms with Gasteiger partial charge in [-0.3, -0.25) is 5.10 Å². The fourth-order valence-electron chi connectivity index (χ4n) is 4.53. The number of ether oxygens (including phenoxy) is 1. The molecule has 29 heavy (non-hydrogen) atoms. The maximum Gasteiger partial charge on any atom is 0.416 e. The van der Waals surface area contributed by atoms with Gasteiger partial charge in [0.15, 0.2) is 0 Å². The van der Waals surface area contributed by atoms with Crippen LogP contribution in [0.3, 0.4) is 0 Å². The van der Waals surface area contributed by atoms with E-state index in [2.05, 4.69) is 15.5 Å². The van der Waals surface area contributed by atoms with Crippen molar-refractivity contribution in [2.45, 2.75) is 62.4 Å². The summed E-state index contributed by atoms with van der Waals surface area (Å²) in [6.07, 6.45) is -1.72. The van der Waals surface area contributed by atoms with Crippen LogP contribution in [0.25, 0.3) is 0 Å². The van der Waals surface area contributed by atoms with E-state index in [0.29, 0.717) is 24.3 Å². The van der Waals surface area contributed by atoms with Crippen molar-refractivity contribution in [3.05, 3.63) is 52.8 Å². The number of aromatic amines is 1. The quantitative estimate of drug-likeness (QED) is 0.716. The Morgan fingerprint density at radius 1 is 1.14 bits per heavy atom. The van der Waals surface area contributed by atoms with Gasteiger partial charge < -0.3 is 15.2 Å². The van der Waals surface area contributed by atoms with E-state index in [-0.39, 0.29) is 12.1 Å². The molecule has 1 unspecified atom stereocenters. The van der Waals surface area contributed by atoms with Crippen molar-refractivity contribution in [2.24, 2.45) is 0 Å². The largest absolute Gasteiger partial charge is 0.416 e. The lowest BCUT2D eigenvalue weighted by Gasteiger charge is -2.41. The number of nitrogens with zero attached hydrogens (tertiary/aromatic N) is 1. The van der Waals surface area contributed by atoms with Crippen LogP contribution in [0.5, 0.6) is 0 Å². The molecule has 2 aliphatic heterocycles. The maximum absolute atomic E-state index is 12.9. The lowest BCUT2D eigenvalue weighted by Crippen LogP contribution is -2.47. The zero-order chi connectivity index (χ0) is 20.6. The van der Waals surface area contributed by atoms with Crippen LogP contribution in [0.2, 0.25) is 0 Å². The lowest BCUT2D eigenvalue weighted by atomic mass is 9.78. The van der Waals surface area contributed by atoms with Crippen LogP contribution in [0.15, 0.2) is 30.3 Å². The standard InChI is InChI=1S/C21H26F3N3O2/c1-13-11-20(28,15-2-4-16(5-3-15)21(22,23)24)12-19(25-13)18-10-17(26-27-18)14-6-8-29-9-7-14/h2-5,10,13-14,19,25,28H,6-9,11-12H2,1H3,(H,26,27)/t13-,19-,20?/m0/s1. The van der Waals surface area contributed by atoms with Crippen LogP contribution < -0.4 is 5.32 Å². The molecule has 0 amide bonds. The zero-order valence-corrected chi connectivity index (χ0v) is 16.3. The van der Waals surface area contributed by atoms with Crippen molar-refractivity contribution >= 4 is 0 Å². The third-order valence-electron chi connectivity index (χ3n) is 6.05. The molecule has 2 aliphatic rings. The summed E-state index contributed by atoms with van der Waals surface area (Å²) in [6, 6.07) is 6.72. The van der Waals surface area contributed by atoms with E-state index in [1.54, 1.807) is 0 Å². The number of benzene rings is 1. The van der Waals surface area contributed by atoms with Crippen LogP contribution in [-0.4, -0.2) is 34.6 Å². The van der Waals surface area contributed by atoms with Gasteiger partial charge in [-0.2, -0.15) is 18.3 Å². The molecule has 4 rings (SSSR count). The molecular weight excluding hydrogens is 383 g/mol. The topological polar surface area (TPSA) is 70.2 Å². The Hall–Kier alpha value is -1.90. The Labute approximate surface area is 167 Å². The number of hydrogen-bond donors (Lipinski definition) is 3. The molecule has 1 aromatic heterocycles. The van der Waals surface area contributed by atoms with Gasteiger partial charge in [0.05, 0.1) is 28.6 Å². The number of alkyl halides is 3. The second-order valence-corrected chi connectivity index (χ2v) is 8.27. The van der Waals surface area contributed by atoms with Crippen LogP contribution in [0, 0.1) is 0 Å². The average Bonchev–Trinajstić information content (AvgIpc) is 3.18. The molecule has 2 fully saturated rings. The normalized spacial score (nSPS) is 29.1. The SMILES string of the molecule is C[C@H]1CC(O)(c2ccc(C(F)(F)F)cc2)C[C@@H](c2cc(C3CCOCC3)n[nH]2)N1. The van der Waals surface area contributed by atoms with Crippen molar-refractivity contribution in [3.63, 3.8) is 0 Å². The van der Waals surface area contributed by atoms with Gasteiger partial charge in [0.1, 0.15) is 0 Å². The van der Waals surface area contributed by atoms with Crippen molar-refractivity contribution in [1.29, 1.82) is 0 Å². The van der Waals surface area contributed by atoms with Gasteiger partial charge in [0, 0.05) is 31.6 Å². The Morgan fingerprint density at radius 2 is 1.83 bits per heavy atom. The first-order chi connectivity index (χ1) is 13.7. The summed E-state index contributed by atoms with van der Waals surface area (Å²) in [7, 11) is 0. The fraction of sp³-hybridized carbons (Fsp3) is 0.571. The number of halogens is 3. The van der Waals surface area contributed by atoms with Crippen LogP contribution in [0.4, 0.5) is 13.2 Å². The number of aliphatic hydroxyl groups is 1. The molecule has 2 saturated heterocycles. The number of nitrogens with one attached hydrogen (secondary N) is 2. The second-order valence-electron chi connectivity index (χ2n) is 8.27. The molecule has 0 aliphatic carbocycles. The first-order valence-electron chi connectivity index (χ1n) is 10.0. The summed E-state index contributed by atoms with van der Waals surface area (Å²) in [6.45, 7) is 3.44. The van der Waals surface area contributed by atoms with E-state index in [1.165, 1.54) is 12.1 Å². The summed E-state index contributed by atoms with van der Waals surface area (Å²) in [5.74, 6) is 0.364. The maximum atomic E-state index is 12.9. The van der Waals surface area contributed by atoms with E-state index in [1.807, 2.05) is 13.0 Å². The molecule has 3 N–H and O–H groups in total. The van der Waals surface area contributed by atoms with Crippen molar-refractivity contribution in [1.82, 2.24) is 15.5 Å². The van der Waals surface area contributed by atoms with Crippen molar-refractivity contribution in [2.75, 3.05) is 13.2 Å². The molecule has 3 atom stereocenters. The average molecular weight is 409 g/mol. The monoisotopic (exact) mass is 409 g/mol. The molecular formula is C21H26F3N3O2. The van der Waals surface area contributed by atoms with Gasteiger partial charge in [0.2, 0.25) is 0 Å². The predicted molar refractivity (Wildman–Crippen MR) is 101 cm³/mol. The molecule has 0 bridgehead atoms. The number of rotatable bonds is 3. The molecule has 158 valence electrons. The summed E-state index contributed by atoms with van der Waals surface area (Å²) >= 11 is 0. The smallest absolute Gasteiger partial charge is 0.385 e. The Bertz CT molecular complexity index is 830. The Balaban J connectivity index is 1.54. The van der Waals surface area contributed by atoms with E-state index in [4.69, 9.17) is 4.74 Å². The predicted octanol–water partition coefficient (Wildman–Crippen LogP) is 4.02.